The van der Waals surface area contributed by atoms with Gasteiger partial charge in [-0.15, -0.1) is 0 Å². The molecule has 0 aromatic heterocycles. The molecule has 0 saturated heterocycles. The van der Waals surface area contributed by atoms with Gasteiger partial charge in [0, 0.05) is 25.6 Å². The molecule has 0 radical (unpaired) electrons. The highest BCUT2D eigenvalue weighted by molar-refractivity contribution is 5.75. The molecule has 0 saturated carbocycles. The van der Waals surface area contributed by atoms with E-state index >= 15 is 0 Å². The molecule has 0 aromatic carbocycles. The van der Waals surface area contributed by atoms with Gasteiger partial charge in [-0.2, -0.15) is 0 Å². The molecule has 0 aliphatic rings. The average Bonchev–Trinajstić information content (AvgIpc) is 2.28. The van der Waals surface area contributed by atoms with Crippen molar-refractivity contribution < 1.29 is 9.90 Å². The summed E-state index contributed by atoms with van der Waals surface area (Å²) in [7, 11) is 2.12. The van der Waals surface area contributed by atoms with Gasteiger partial charge in [-0.1, -0.05) is 0 Å². The maximum absolute atomic E-state index is 11.3. The summed E-state index contributed by atoms with van der Waals surface area (Å²) in [6.07, 6.45) is 4.17. The molecular formula is C13H28N2O2. The fraction of sp³-hybridized carbons (Fsp3) is 0.923. The maximum atomic E-state index is 11.3. The lowest BCUT2D eigenvalue weighted by molar-refractivity contribution is -0.121. The smallest absolute Gasteiger partial charge is 0.219 e. The van der Waals surface area contributed by atoms with Crippen LogP contribution in [0.4, 0.5) is 0 Å². The second-order valence-electron chi connectivity index (χ2n) is 4.81. The van der Waals surface area contributed by atoms with Gasteiger partial charge in [0.15, 0.2) is 0 Å². The highest BCUT2D eigenvalue weighted by atomic mass is 16.2. The van der Waals surface area contributed by atoms with Gasteiger partial charge in [-0.25, -0.2) is 0 Å². The first-order valence-electron chi connectivity index (χ1n) is 6.65. The standard InChI is InChI=1S/C13H28N2O2/c1-12(2)15(3)10-6-5-9-14-13(17)8-4-7-11-16/h12,16H,4-11H2,1-3H3,(H,14,17). The number of carbonyl (C=O) groups is 1. The zero-order chi connectivity index (χ0) is 13.1. The predicted octanol–water partition coefficient (Wildman–Crippen LogP) is 1.39. The molecule has 0 aliphatic carbocycles. The highest BCUT2D eigenvalue weighted by Gasteiger charge is 2.03. The quantitative estimate of drug-likeness (QED) is 0.571. The van der Waals surface area contributed by atoms with Crippen LogP contribution in [0.2, 0.25) is 0 Å². The fourth-order valence-electron chi connectivity index (χ4n) is 1.46. The van der Waals surface area contributed by atoms with Crippen molar-refractivity contribution in [3.05, 3.63) is 0 Å². The van der Waals surface area contributed by atoms with E-state index in [2.05, 4.69) is 31.1 Å². The topological polar surface area (TPSA) is 52.6 Å². The molecule has 0 spiro atoms. The van der Waals surface area contributed by atoms with Gasteiger partial charge < -0.3 is 15.3 Å². The minimum absolute atomic E-state index is 0.107. The van der Waals surface area contributed by atoms with Crippen LogP contribution in [0.5, 0.6) is 0 Å². The van der Waals surface area contributed by atoms with Gasteiger partial charge in [0.2, 0.25) is 5.91 Å². The SMILES string of the molecule is CC(C)N(C)CCCCNC(=O)CCCCO. The second-order valence-corrected chi connectivity index (χ2v) is 4.81. The van der Waals surface area contributed by atoms with Crippen molar-refractivity contribution >= 4 is 5.91 Å². The Kier molecular flexibility index (Phi) is 10.2. The first-order chi connectivity index (χ1) is 8.07. The molecule has 4 nitrogen and oxygen atoms in total. The third-order valence-corrected chi connectivity index (χ3v) is 2.95. The van der Waals surface area contributed by atoms with E-state index in [1.165, 1.54) is 0 Å². The third-order valence-electron chi connectivity index (χ3n) is 2.95. The molecule has 2 N–H and O–H groups in total. The normalized spacial score (nSPS) is 11.2. The van der Waals surface area contributed by atoms with Crippen molar-refractivity contribution in [1.29, 1.82) is 0 Å². The molecule has 1 amide bonds. The lowest BCUT2D eigenvalue weighted by Gasteiger charge is -2.20. The van der Waals surface area contributed by atoms with Gasteiger partial charge in [-0.05, 0) is 53.1 Å². The lowest BCUT2D eigenvalue weighted by Crippen LogP contribution is -2.28. The number of nitrogens with one attached hydrogen (secondary N) is 1. The molecule has 0 bridgehead atoms. The molecule has 0 aliphatic heterocycles. The summed E-state index contributed by atoms with van der Waals surface area (Å²) < 4.78 is 0. The van der Waals surface area contributed by atoms with Crippen LogP contribution in [0.15, 0.2) is 0 Å². The summed E-state index contributed by atoms with van der Waals surface area (Å²) in [6, 6.07) is 0.586. The number of hydrogen-bond donors (Lipinski definition) is 2. The first-order valence-corrected chi connectivity index (χ1v) is 6.65. The zero-order valence-electron chi connectivity index (χ0n) is 11.5. The molecule has 0 rings (SSSR count). The van der Waals surface area contributed by atoms with E-state index in [1.807, 2.05) is 0 Å². The molecule has 4 heteroatoms. The van der Waals surface area contributed by atoms with Crippen LogP contribution >= 0.6 is 0 Å². The summed E-state index contributed by atoms with van der Waals surface area (Å²) in [4.78, 5) is 13.6. The van der Waals surface area contributed by atoms with Crippen molar-refractivity contribution in [2.75, 3.05) is 26.7 Å². The average molecular weight is 244 g/mol. The number of nitrogens with zero attached hydrogens (tertiary/aromatic N) is 1. The van der Waals surface area contributed by atoms with Gasteiger partial charge in [-0.3, -0.25) is 4.79 Å². The van der Waals surface area contributed by atoms with Crippen molar-refractivity contribution in [3.63, 3.8) is 0 Å². The van der Waals surface area contributed by atoms with Crippen molar-refractivity contribution in [1.82, 2.24) is 10.2 Å². The first kappa shape index (κ1) is 16.4. The summed E-state index contributed by atoms with van der Waals surface area (Å²) >= 11 is 0. The molecule has 17 heavy (non-hydrogen) atoms. The van der Waals surface area contributed by atoms with E-state index in [4.69, 9.17) is 5.11 Å². The van der Waals surface area contributed by atoms with Crippen LogP contribution in [0.3, 0.4) is 0 Å². The monoisotopic (exact) mass is 244 g/mol. The summed E-state index contributed by atoms with van der Waals surface area (Å²) in [6.45, 7) is 6.39. The van der Waals surface area contributed by atoms with E-state index < -0.39 is 0 Å². The molecule has 102 valence electrons. The third kappa shape index (κ3) is 10.3. The zero-order valence-corrected chi connectivity index (χ0v) is 11.5. The summed E-state index contributed by atoms with van der Waals surface area (Å²) in [5.74, 6) is 0.107. The predicted molar refractivity (Wildman–Crippen MR) is 70.9 cm³/mol. The van der Waals surface area contributed by atoms with E-state index in [1.54, 1.807) is 0 Å². The molecule has 0 unspecified atom stereocenters. The Morgan fingerprint density at radius 1 is 1.24 bits per heavy atom. The van der Waals surface area contributed by atoms with Gasteiger partial charge in [0.1, 0.15) is 0 Å². The Labute approximate surface area is 105 Å². The Bertz CT molecular complexity index is 196. The minimum atomic E-state index is 0.107. The van der Waals surface area contributed by atoms with Gasteiger partial charge >= 0.3 is 0 Å². The lowest BCUT2D eigenvalue weighted by atomic mass is 10.2. The molecule has 0 fully saturated rings. The van der Waals surface area contributed by atoms with Crippen molar-refractivity contribution in [2.45, 2.75) is 52.0 Å². The van der Waals surface area contributed by atoms with Gasteiger partial charge in [0.05, 0.1) is 0 Å². The van der Waals surface area contributed by atoms with Crippen molar-refractivity contribution in [3.8, 4) is 0 Å². The molecule has 0 atom stereocenters. The number of aliphatic hydroxyl groups is 1. The van der Waals surface area contributed by atoms with Crippen LogP contribution in [-0.4, -0.2) is 48.7 Å². The number of rotatable bonds is 10. The largest absolute Gasteiger partial charge is 0.396 e. The maximum Gasteiger partial charge on any atom is 0.219 e. The Hall–Kier alpha value is -0.610. The number of amides is 1. The van der Waals surface area contributed by atoms with E-state index in [0.717, 1.165) is 32.4 Å². The highest BCUT2D eigenvalue weighted by Crippen LogP contribution is 1.98. The molecule has 0 aromatic rings. The number of unbranched alkanes of at least 4 members (excludes halogenated alkanes) is 2. The van der Waals surface area contributed by atoms with Crippen LogP contribution in [0.25, 0.3) is 0 Å². The number of carbonyl (C=O) groups excluding carboxylic acids is 1. The van der Waals surface area contributed by atoms with E-state index in [0.29, 0.717) is 18.9 Å². The molecular weight excluding hydrogens is 216 g/mol. The van der Waals surface area contributed by atoms with Gasteiger partial charge in [0.25, 0.3) is 0 Å². The molecule has 0 heterocycles. The van der Waals surface area contributed by atoms with E-state index in [9.17, 15) is 4.79 Å². The second kappa shape index (κ2) is 10.5. The Morgan fingerprint density at radius 2 is 1.94 bits per heavy atom. The Morgan fingerprint density at radius 3 is 2.53 bits per heavy atom. The Balaban J connectivity index is 3.30. The summed E-state index contributed by atoms with van der Waals surface area (Å²) in [5, 5.41) is 11.5. The summed E-state index contributed by atoms with van der Waals surface area (Å²) in [5.41, 5.74) is 0. The van der Waals surface area contributed by atoms with E-state index in [-0.39, 0.29) is 12.5 Å². The van der Waals surface area contributed by atoms with Crippen molar-refractivity contribution in [2.24, 2.45) is 0 Å². The van der Waals surface area contributed by atoms with Crippen LogP contribution < -0.4 is 5.32 Å². The minimum Gasteiger partial charge on any atom is -0.396 e. The number of aliphatic hydroxyl groups excluding tert-OH is 1. The van der Waals surface area contributed by atoms with Crippen LogP contribution in [-0.2, 0) is 4.79 Å². The van der Waals surface area contributed by atoms with Crippen LogP contribution in [0.1, 0.15) is 46.0 Å². The van der Waals surface area contributed by atoms with Crippen LogP contribution in [0, 0.1) is 0 Å². The fourth-order valence-corrected chi connectivity index (χ4v) is 1.46. The number of hydrogen-bond acceptors (Lipinski definition) is 3.